The molecular formula is C22H25N5O2. The summed E-state index contributed by atoms with van der Waals surface area (Å²) in [6.07, 6.45) is 4.72. The third-order valence-corrected chi connectivity index (χ3v) is 5.87. The molecule has 0 saturated carbocycles. The maximum atomic E-state index is 13.1. The van der Waals surface area contributed by atoms with Crippen LogP contribution >= 0.6 is 0 Å². The van der Waals surface area contributed by atoms with E-state index in [9.17, 15) is 9.59 Å². The number of likely N-dealkylation sites (tertiary alicyclic amines) is 1. The van der Waals surface area contributed by atoms with Gasteiger partial charge in [0.25, 0.3) is 11.8 Å². The van der Waals surface area contributed by atoms with Crippen molar-refractivity contribution in [3.05, 3.63) is 47.0 Å². The molecule has 150 valence electrons. The minimum absolute atomic E-state index is 0.0718. The minimum atomic E-state index is -0.313. The maximum absolute atomic E-state index is 13.1. The lowest BCUT2D eigenvalue weighted by Gasteiger charge is -2.30. The molecule has 1 fully saturated rings. The Bertz CT molecular complexity index is 962. The average Bonchev–Trinajstić information content (AvgIpc) is 3.14. The van der Waals surface area contributed by atoms with Crippen LogP contribution in [0.25, 0.3) is 0 Å². The topological polar surface area (TPSA) is 91.0 Å². The zero-order valence-electron chi connectivity index (χ0n) is 16.6. The lowest BCUT2D eigenvalue weighted by atomic mass is 9.99. The highest BCUT2D eigenvalue weighted by atomic mass is 16.2. The van der Waals surface area contributed by atoms with Crippen molar-refractivity contribution < 1.29 is 9.59 Å². The van der Waals surface area contributed by atoms with E-state index in [-0.39, 0.29) is 11.8 Å². The van der Waals surface area contributed by atoms with Gasteiger partial charge in [-0.3, -0.25) is 9.59 Å². The van der Waals surface area contributed by atoms with Crippen LogP contribution in [0.4, 0.5) is 5.69 Å². The van der Waals surface area contributed by atoms with Gasteiger partial charge in [-0.25, -0.2) is 4.98 Å². The van der Waals surface area contributed by atoms with Crippen LogP contribution in [0.1, 0.15) is 65.0 Å². The van der Waals surface area contributed by atoms with Gasteiger partial charge in [-0.2, -0.15) is 5.26 Å². The van der Waals surface area contributed by atoms with Crippen molar-refractivity contribution in [1.82, 2.24) is 14.5 Å². The van der Waals surface area contributed by atoms with Crippen LogP contribution in [0.2, 0.25) is 0 Å². The molecule has 29 heavy (non-hydrogen) atoms. The smallest absolute Gasteiger partial charge is 0.289 e. The van der Waals surface area contributed by atoms with Crippen molar-refractivity contribution in [2.45, 2.75) is 45.6 Å². The molecule has 2 aromatic rings. The highest BCUT2D eigenvalue weighted by Gasteiger charge is 2.31. The van der Waals surface area contributed by atoms with Gasteiger partial charge in [-0.05, 0) is 62.3 Å². The number of imidazole rings is 1. The lowest BCUT2D eigenvalue weighted by molar-refractivity contribution is 0.0678. The Hall–Kier alpha value is -3.14. The first-order chi connectivity index (χ1) is 14.1. The number of carbonyl (C=O) groups excluding carboxylic acids is 2. The Morgan fingerprint density at radius 1 is 1.14 bits per heavy atom. The maximum Gasteiger partial charge on any atom is 0.289 e. The Balaban J connectivity index is 1.59. The number of nitrogens with one attached hydrogen (secondary N) is 1. The molecule has 1 N–H and O–H groups in total. The van der Waals surface area contributed by atoms with Gasteiger partial charge in [0.05, 0.1) is 17.3 Å². The van der Waals surface area contributed by atoms with Crippen molar-refractivity contribution in [2.24, 2.45) is 5.92 Å². The summed E-state index contributed by atoms with van der Waals surface area (Å²) in [7, 11) is 0. The molecule has 7 heteroatoms. The van der Waals surface area contributed by atoms with Gasteiger partial charge in [-0.15, -0.1) is 0 Å². The molecular weight excluding hydrogens is 366 g/mol. The quantitative estimate of drug-likeness (QED) is 0.870. The number of fused-ring (bicyclic) bond motifs is 1. The van der Waals surface area contributed by atoms with Crippen LogP contribution in [0.5, 0.6) is 0 Å². The summed E-state index contributed by atoms with van der Waals surface area (Å²) < 4.78 is 1.94. The molecule has 0 atom stereocenters. The van der Waals surface area contributed by atoms with E-state index in [1.54, 1.807) is 24.3 Å². The molecule has 1 aromatic heterocycles. The number of benzene rings is 1. The molecule has 0 unspecified atom stereocenters. The van der Waals surface area contributed by atoms with E-state index in [0.29, 0.717) is 28.7 Å². The van der Waals surface area contributed by atoms with E-state index < -0.39 is 0 Å². The van der Waals surface area contributed by atoms with Crippen LogP contribution in [0.15, 0.2) is 24.3 Å². The summed E-state index contributed by atoms with van der Waals surface area (Å²) in [5, 5.41) is 11.8. The summed E-state index contributed by atoms with van der Waals surface area (Å²) in [5.41, 5.74) is 2.31. The van der Waals surface area contributed by atoms with Gasteiger partial charge < -0.3 is 14.8 Å². The predicted molar refractivity (Wildman–Crippen MR) is 109 cm³/mol. The van der Waals surface area contributed by atoms with Gasteiger partial charge in [0.15, 0.2) is 11.5 Å². The number of hydrogen-bond donors (Lipinski definition) is 1. The zero-order chi connectivity index (χ0) is 20.4. The molecule has 2 aliphatic heterocycles. The fraction of sp³-hybridized carbons (Fsp3) is 0.455. The third-order valence-electron chi connectivity index (χ3n) is 5.87. The van der Waals surface area contributed by atoms with Gasteiger partial charge in [0, 0.05) is 25.3 Å². The van der Waals surface area contributed by atoms with Gasteiger partial charge in [-0.1, -0.05) is 6.92 Å². The molecule has 7 nitrogen and oxygen atoms in total. The predicted octanol–water partition coefficient (Wildman–Crippen LogP) is 3.22. The van der Waals surface area contributed by atoms with E-state index in [1.807, 2.05) is 9.47 Å². The Labute approximate surface area is 170 Å². The van der Waals surface area contributed by atoms with Crippen LogP contribution < -0.4 is 5.32 Å². The normalized spacial score (nSPS) is 16.8. The number of carbonyl (C=O) groups is 2. The number of anilines is 1. The standard InChI is InChI=1S/C22H25N5O2/c1-15-9-12-26(13-10-15)22(29)20-25-19(18-4-2-3-11-27(18)20)21(28)24-17-7-5-16(14-23)6-8-17/h5-8,15H,2-4,9-13H2,1H3,(H,24,28). The minimum Gasteiger partial charge on any atom is -0.336 e. The van der Waals surface area contributed by atoms with Crippen molar-refractivity contribution in [3.63, 3.8) is 0 Å². The SMILES string of the molecule is CC1CCN(C(=O)c2nc(C(=O)Nc3ccc(C#N)cc3)c3n2CCCC3)CC1. The second-order valence-electron chi connectivity index (χ2n) is 7.96. The number of rotatable bonds is 3. The van der Waals surface area contributed by atoms with Gasteiger partial charge >= 0.3 is 0 Å². The van der Waals surface area contributed by atoms with Gasteiger partial charge in [0.1, 0.15) is 0 Å². The monoisotopic (exact) mass is 391 g/mol. The number of nitrogens with zero attached hydrogens (tertiary/aromatic N) is 4. The van der Waals surface area contributed by atoms with Gasteiger partial charge in [0.2, 0.25) is 0 Å². The van der Waals surface area contributed by atoms with Crippen molar-refractivity contribution in [1.29, 1.82) is 5.26 Å². The number of aromatic nitrogens is 2. The fourth-order valence-corrected chi connectivity index (χ4v) is 4.06. The summed E-state index contributed by atoms with van der Waals surface area (Å²) in [4.78, 5) is 32.4. The van der Waals surface area contributed by atoms with Crippen LogP contribution in [0.3, 0.4) is 0 Å². The first-order valence-corrected chi connectivity index (χ1v) is 10.3. The van der Waals surface area contributed by atoms with E-state index in [2.05, 4.69) is 23.3 Å². The molecule has 2 amide bonds. The number of amides is 2. The molecule has 2 aliphatic rings. The molecule has 0 aliphatic carbocycles. The Morgan fingerprint density at radius 3 is 2.55 bits per heavy atom. The largest absolute Gasteiger partial charge is 0.336 e. The van der Waals surface area contributed by atoms with Crippen LogP contribution in [-0.4, -0.2) is 39.4 Å². The first kappa shape index (κ1) is 19.2. The van der Waals surface area contributed by atoms with E-state index in [4.69, 9.17) is 5.26 Å². The lowest BCUT2D eigenvalue weighted by Crippen LogP contribution is -2.39. The Morgan fingerprint density at radius 2 is 1.86 bits per heavy atom. The Kier molecular flexibility index (Phi) is 5.34. The second kappa shape index (κ2) is 8.08. The van der Waals surface area contributed by atoms with E-state index in [0.717, 1.165) is 57.4 Å². The number of hydrogen-bond acceptors (Lipinski definition) is 4. The summed E-state index contributed by atoms with van der Waals surface area (Å²) in [6, 6.07) is 8.76. The third kappa shape index (κ3) is 3.88. The highest BCUT2D eigenvalue weighted by Crippen LogP contribution is 2.25. The molecule has 3 heterocycles. The average molecular weight is 391 g/mol. The van der Waals surface area contributed by atoms with Crippen molar-refractivity contribution >= 4 is 17.5 Å². The molecule has 1 saturated heterocycles. The van der Waals surface area contributed by atoms with Crippen LogP contribution in [0, 0.1) is 17.2 Å². The summed E-state index contributed by atoms with van der Waals surface area (Å²) in [6.45, 7) is 4.42. The summed E-state index contributed by atoms with van der Waals surface area (Å²) >= 11 is 0. The van der Waals surface area contributed by atoms with Crippen molar-refractivity contribution in [2.75, 3.05) is 18.4 Å². The van der Waals surface area contributed by atoms with Crippen LogP contribution in [-0.2, 0) is 13.0 Å². The molecule has 1 aromatic carbocycles. The molecule has 0 radical (unpaired) electrons. The number of nitriles is 1. The highest BCUT2D eigenvalue weighted by molar-refractivity contribution is 6.05. The number of piperidine rings is 1. The van der Waals surface area contributed by atoms with E-state index in [1.165, 1.54) is 0 Å². The zero-order valence-corrected chi connectivity index (χ0v) is 16.6. The molecule has 4 rings (SSSR count). The summed E-state index contributed by atoms with van der Waals surface area (Å²) in [5.74, 6) is 0.644. The fourth-order valence-electron chi connectivity index (χ4n) is 4.06. The molecule has 0 spiro atoms. The second-order valence-corrected chi connectivity index (χ2v) is 7.96. The van der Waals surface area contributed by atoms with Crippen molar-refractivity contribution in [3.8, 4) is 6.07 Å². The van der Waals surface area contributed by atoms with E-state index >= 15 is 0 Å². The first-order valence-electron chi connectivity index (χ1n) is 10.3. The molecule has 0 bridgehead atoms.